The van der Waals surface area contributed by atoms with Crippen molar-refractivity contribution in [2.24, 2.45) is 22.7 Å². The SMILES string of the molecule is CCOC1CC(NC(=O)[C@H]2[C@@H](C(=O)O)C2(C)C)C1(C)C. The molecule has 2 aliphatic carbocycles. The molecule has 5 nitrogen and oxygen atoms in total. The lowest BCUT2D eigenvalue weighted by atomic mass is 9.64. The maximum absolute atomic E-state index is 12.3. The number of carbonyl (C=O) groups is 2. The van der Waals surface area contributed by atoms with E-state index in [9.17, 15) is 9.59 Å². The molecule has 0 radical (unpaired) electrons. The fourth-order valence-corrected chi connectivity index (χ4v) is 3.46. The van der Waals surface area contributed by atoms with Crippen LogP contribution in [0, 0.1) is 22.7 Å². The molecule has 4 atom stereocenters. The topological polar surface area (TPSA) is 75.6 Å². The zero-order valence-electron chi connectivity index (χ0n) is 12.9. The van der Waals surface area contributed by atoms with Crippen molar-refractivity contribution in [1.29, 1.82) is 0 Å². The summed E-state index contributed by atoms with van der Waals surface area (Å²) in [6.45, 7) is 10.5. The van der Waals surface area contributed by atoms with Crippen molar-refractivity contribution in [3.63, 3.8) is 0 Å². The summed E-state index contributed by atoms with van der Waals surface area (Å²) >= 11 is 0. The number of hydrogen-bond donors (Lipinski definition) is 2. The Kier molecular flexibility index (Phi) is 3.61. The Morgan fingerprint density at radius 3 is 2.20 bits per heavy atom. The fraction of sp³-hybridized carbons (Fsp3) is 0.867. The van der Waals surface area contributed by atoms with Crippen molar-refractivity contribution >= 4 is 11.9 Å². The molecule has 0 bridgehead atoms. The molecule has 0 spiro atoms. The summed E-state index contributed by atoms with van der Waals surface area (Å²) in [5.74, 6) is -1.99. The predicted octanol–water partition coefficient (Wildman–Crippen LogP) is 1.66. The van der Waals surface area contributed by atoms with Crippen LogP contribution in [0.3, 0.4) is 0 Å². The molecule has 114 valence electrons. The molecular formula is C15H25NO4. The third kappa shape index (κ3) is 2.22. The summed E-state index contributed by atoms with van der Waals surface area (Å²) in [6, 6.07) is 0.0670. The van der Waals surface area contributed by atoms with Gasteiger partial charge in [0, 0.05) is 18.1 Å². The summed E-state index contributed by atoms with van der Waals surface area (Å²) in [6.07, 6.45) is 0.970. The molecule has 2 rings (SSSR count). The Bertz CT molecular complexity index is 430. The molecule has 2 saturated carbocycles. The van der Waals surface area contributed by atoms with E-state index in [2.05, 4.69) is 19.2 Å². The summed E-state index contributed by atoms with van der Waals surface area (Å²) in [5, 5.41) is 12.1. The summed E-state index contributed by atoms with van der Waals surface area (Å²) in [4.78, 5) is 23.4. The second-order valence-electron chi connectivity index (χ2n) is 7.18. The molecular weight excluding hydrogens is 258 g/mol. The molecule has 0 aliphatic heterocycles. The molecule has 2 aliphatic rings. The molecule has 2 unspecified atom stereocenters. The van der Waals surface area contributed by atoms with Crippen molar-refractivity contribution in [2.75, 3.05) is 6.61 Å². The quantitative estimate of drug-likeness (QED) is 0.804. The molecule has 1 amide bonds. The van der Waals surface area contributed by atoms with E-state index < -0.39 is 23.2 Å². The van der Waals surface area contributed by atoms with Gasteiger partial charge >= 0.3 is 5.97 Å². The highest BCUT2D eigenvalue weighted by Gasteiger charge is 2.66. The van der Waals surface area contributed by atoms with Gasteiger partial charge in [-0.05, 0) is 18.8 Å². The van der Waals surface area contributed by atoms with E-state index in [4.69, 9.17) is 9.84 Å². The number of carbonyl (C=O) groups excluding carboxylic acids is 1. The van der Waals surface area contributed by atoms with Gasteiger partial charge in [0.15, 0.2) is 0 Å². The van der Waals surface area contributed by atoms with Crippen LogP contribution in [-0.2, 0) is 14.3 Å². The van der Waals surface area contributed by atoms with Gasteiger partial charge < -0.3 is 15.2 Å². The zero-order chi connectivity index (χ0) is 15.3. The number of carboxylic acids is 1. The van der Waals surface area contributed by atoms with Gasteiger partial charge in [-0.25, -0.2) is 0 Å². The minimum Gasteiger partial charge on any atom is -0.481 e. The van der Waals surface area contributed by atoms with E-state index in [1.165, 1.54) is 0 Å². The first-order valence-electron chi connectivity index (χ1n) is 7.28. The van der Waals surface area contributed by atoms with E-state index in [0.717, 1.165) is 6.42 Å². The highest BCUT2D eigenvalue weighted by atomic mass is 16.5. The van der Waals surface area contributed by atoms with Gasteiger partial charge in [0.1, 0.15) is 0 Å². The van der Waals surface area contributed by atoms with Gasteiger partial charge in [-0.15, -0.1) is 0 Å². The van der Waals surface area contributed by atoms with Gasteiger partial charge in [0.2, 0.25) is 5.91 Å². The maximum Gasteiger partial charge on any atom is 0.307 e. The van der Waals surface area contributed by atoms with E-state index in [0.29, 0.717) is 6.61 Å². The second-order valence-corrected chi connectivity index (χ2v) is 7.18. The van der Waals surface area contributed by atoms with Gasteiger partial charge in [-0.1, -0.05) is 27.7 Å². The van der Waals surface area contributed by atoms with Gasteiger partial charge in [0.05, 0.1) is 17.9 Å². The molecule has 0 aromatic carbocycles. The van der Waals surface area contributed by atoms with E-state index in [1.807, 2.05) is 20.8 Å². The van der Waals surface area contributed by atoms with Crippen LogP contribution in [0.1, 0.15) is 41.0 Å². The van der Waals surface area contributed by atoms with Crippen molar-refractivity contribution in [3.05, 3.63) is 0 Å². The second kappa shape index (κ2) is 4.72. The third-order valence-electron chi connectivity index (χ3n) is 5.24. The molecule has 0 saturated heterocycles. The summed E-state index contributed by atoms with van der Waals surface area (Å²) in [5.41, 5.74) is -0.535. The van der Waals surface area contributed by atoms with Crippen LogP contribution in [0.4, 0.5) is 0 Å². The van der Waals surface area contributed by atoms with Crippen molar-refractivity contribution in [3.8, 4) is 0 Å². The Morgan fingerprint density at radius 1 is 1.20 bits per heavy atom. The van der Waals surface area contributed by atoms with Gasteiger partial charge in [-0.2, -0.15) is 0 Å². The number of amides is 1. The highest BCUT2D eigenvalue weighted by Crippen LogP contribution is 2.58. The standard InChI is InChI=1S/C15H25NO4/c1-6-20-9-7-8(14(9,2)3)16-12(17)10-11(13(18)19)15(10,4)5/h8-11H,6-7H2,1-5H3,(H,16,17)(H,18,19)/t8?,9?,10-,11+/m1/s1. The Balaban J connectivity index is 1.93. The van der Waals surface area contributed by atoms with Crippen LogP contribution in [0.2, 0.25) is 0 Å². The zero-order valence-corrected chi connectivity index (χ0v) is 12.9. The van der Waals surface area contributed by atoms with Crippen molar-refractivity contribution in [2.45, 2.75) is 53.2 Å². The fourth-order valence-electron chi connectivity index (χ4n) is 3.46. The number of rotatable bonds is 5. The summed E-state index contributed by atoms with van der Waals surface area (Å²) < 4.78 is 5.64. The van der Waals surface area contributed by atoms with Crippen molar-refractivity contribution < 1.29 is 19.4 Å². The van der Waals surface area contributed by atoms with E-state index >= 15 is 0 Å². The maximum atomic E-state index is 12.3. The molecule has 0 aromatic heterocycles. The normalized spacial score (nSPS) is 36.9. The average Bonchev–Trinajstić information content (AvgIpc) is 2.91. The van der Waals surface area contributed by atoms with E-state index in [1.54, 1.807) is 0 Å². The molecule has 0 aromatic rings. The largest absolute Gasteiger partial charge is 0.481 e. The lowest BCUT2D eigenvalue weighted by Crippen LogP contribution is -2.62. The Morgan fingerprint density at radius 2 is 1.80 bits per heavy atom. The van der Waals surface area contributed by atoms with Gasteiger partial charge in [-0.3, -0.25) is 9.59 Å². The summed E-state index contributed by atoms with van der Waals surface area (Å²) in [7, 11) is 0. The number of carboxylic acid groups (broad SMARTS) is 1. The first-order valence-corrected chi connectivity index (χ1v) is 7.28. The van der Waals surface area contributed by atoms with Crippen LogP contribution < -0.4 is 5.32 Å². The molecule has 5 heteroatoms. The minimum atomic E-state index is -0.879. The predicted molar refractivity (Wildman–Crippen MR) is 74.1 cm³/mol. The van der Waals surface area contributed by atoms with Gasteiger partial charge in [0.25, 0.3) is 0 Å². The molecule has 20 heavy (non-hydrogen) atoms. The number of nitrogens with one attached hydrogen (secondary N) is 1. The lowest BCUT2D eigenvalue weighted by molar-refractivity contribution is -0.143. The van der Waals surface area contributed by atoms with E-state index in [-0.39, 0.29) is 23.5 Å². The molecule has 0 heterocycles. The number of aliphatic carboxylic acids is 1. The van der Waals surface area contributed by atoms with Crippen LogP contribution >= 0.6 is 0 Å². The molecule has 2 N–H and O–H groups in total. The Hall–Kier alpha value is -1.10. The minimum absolute atomic E-state index is 0.0670. The van der Waals surface area contributed by atoms with Crippen LogP contribution in [0.15, 0.2) is 0 Å². The van der Waals surface area contributed by atoms with Crippen LogP contribution in [0.25, 0.3) is 0 Å². The monoisotopic (exact) mass is 283 g/mol. The Labute approximate surface area is 120 Å². The van der Waals surface area contributed by atoms with Crippen LogP contribution in [-0.4, -0.2) is 35.7 Å². The lowest BCUT2D eigenvalue weighted by Gasteiger charge is -2.51. The average molecular weight is 283 g/mol. The smallest absolute Gasteiger partial charge is 0.307 e. The van der Waals surface area contributed by atoms with Crippen molar-refractivity contribution in [1.82, 2.24) is 5.32 Å². The van der Waals surface area contributed by atoms with Crippen LogP contribution in [0.5, 0.6) is 0 Å². The first kappa shape index (κ1) is 15.3. The highest BCUT2D eigenvalue weighted by molar-refractivity contribution is 5.91. The molecule has 2 fully saturated rings. The third-order valence-corrected chi connectivity index (χ3v) is 5.24. The number of hydrogen-bond acceptors (Lipinski definition) is 3. The first-order chi connectivity index (χ1) is 9.14. The number of ether oxygens (including phenoxy) is 1.